The van der Waals surface area contributed by atoms with Crippen LogP contribution in [0, 0.1) is 19.8 Å². The van der Waals surface area contributed by atoms with Crippen LogP contribution in [0.4, 0.5) is 0 Å². The van der Waals surface area contributed by atoms with E-state index in [9.17, 15) is 9.90 Å². The molecular weight excluding hydrogens is 288 g/mol. The molecule has 2 N–H and O–H groups in total. The van der Waals surface area contributed by atoms with E-state index in [0.717, 1.165) is 31.5 Å². The van der Waals surface area contributed by atoms with E-state index < -0.39 is 0 Å². The van der Waals surface area contributed by atoms with Crippen LogP contribution in [-0.4, -0.2) is 41.7 Å². The maximum Gasteiger partial charge on any atom is 0.234 e. The fraction of sp³-hybridized carbons (Fsp3) is 0.632. The number of nitrogens with zero attached hydrogens (tertiary/aromatic N) is 1. The summed E-state index contributed by atoms with van der Waals surface area (Å²) in [6.07, 6.45) is 1.81. The number of hydrogen-bond acceptors (Lipinski definition) is 3. The summed E-state index contributed by atoms with van der Waals surface area (Å²) in [5.41, 5.74) is 3.66. The van der Waals surface area contributed by atoms with Gasteiger partial charge in [-0.2, -0.15) is 0 Å². The van der Waals surface area contributed by atoms with Gasteiger partial charge in [0.2, 0.25) is 5.91 Å². The molecule has 4 nitrogen and oxygen atoms in total. The molecule has 1 amide bonds. The van der Waals surface area contributed by atoms with Gasteiger partial charge in [-0.15, -0.1) is 0 Å². The average Bonchev–Trinajstić information content (AvgIpc) is 2.50. The number of aliphatic hydroxyl groups excluding tert-OH is 1. The molecule has 0 aromatic heterocycles. The third kappa shape index (κ3) is 5.05. The van der Waals surface area contributed by atoms with Crippen LogP contribution in [0.2, 0.25) is 0 Å². The second-order valence-electron chi connectivity index (χ2n) is 7.01. The Hall–Kier alpha value is -1.39. The van der Waals surface area contributed by atoms with Crippen molar-refractivity contribution in [1.82, 2.24) is 10.2 Å². The van der Waals surface area contributed by atoms with Crippen LogP contribution in [0.5, 0.6) is 0 Å². The van der Waals surface area contributed by atoms with Gasteiger partial charge in [0.1, 0.15) is 0 Å². The van der Waals surface area contributed by atoms with Gasteiger partial charge in [0.15, 0.2) is 0 Å². The van der Waals surface area contributed by atoms with E-state index in [4.69, 9.17) is 0 Å². The predicted molar refractivity (Wildman–Crippen MR) is 93.3 cm³/mol. The molecule has 23 heavy (non-hydrogen) atoms. The highest BCUT2D eigenvalue weighted by atomic mass is 16.3. The number of carbonyl (C=O) groups is 1. The molecule has 4 heteroatoms. The number of piperidine rings is 1. The van der Waals surface area contributed by atoms with Crippen LogP contribution >= 0.6 is 0 Å². The van der Waals surface area contributed by atoms with Crippen molar-refractivity contribution in [2.24, 2.45) is 5.92 Å². The molecular formula is C19H30N2O2. The molecule has 1 heterocycles. The second-order valence-corrected chi connectivity index (χ2v) is 7.01. The highest BCUT2D eigenvalue weighted by Gasteiger charge is 2.25. The molecule has 3 unspecified atom stereocenters. The highest BCUT2D eigenvalue weighted by molar-refractivity contribution is 5.78. The molecule has 1 aliphatic rings. The lowest BCUT2D eigenvalue weighted by molar-refractivity contribution is -0.123. The zero-order chi connectivity index (χ0) is 17.0. The Labute approximate surface area is 139 Å². The molecule has 1 aromatic carbocycles. The van der Waals surface area contributed by atoms with Gasteiger partial charge in [0, 0.05) is 6.54 Å². The van der Waals surface area contributed by atoms with Gasteiger partial charge in [0.25, 0.3) is 0 Å². The highest BCUT2D eigenvalue weighted by Crippen LogP contribution is 2.20. The fourth-order valence-electron chi connectivity index (χ4n) is 3.24. The van der Waals surface area contributed by atoms with Crippen molar-refractivity contribution in [3.05, 3.63) is 34.9 Å². The molecule has 0 bridgehead atoms. The number of aliphatic hydroxyl groups is 1. The van der Waals surface area contributed by atoms with Crippen LogP contribution in [0.25, 0.3) is 0 Å². The number of nitrogens with one attached hydrogen (secondary N) is 1. The molecule has 0 radical (unpaired) electrons. The van der Waals surface area contributed by atoms with Crippen molar-refractivity contribution >= 4 is 5.91 Å². The van der Waals surface area contributed by atoms with Crippen molar-refractivity contribution < 1.29 is 9.90 Å². The van der Waals surface area contributed by atoms with Crippen molar-refractivity contribution in [2.45, 2.75) is 52.7 Å². The van der Waals surface area contributed by atoms with Gasteiger partial charge < -0.3 is 10.4 Å². The monoisotopic (exact) mass is 318 g/mol. The largest absolute Gasteiger partial charge is 0.393 e. The molecule has 0 saturated carbocycles. The lowest BCUT2D eigenvalue weighted by atomic mass is 9.93. The number of carbonyl (C=O) groups excluding carboxylic acids is 1. The van der Waals surface area contributed by atoms with Crippen LogP contribution in [0.15, 0.2) is 18.2 Å². The quantitative estimate of drug-likeness (QED) is 0.877. The number of amides is 1. The van der Waals surface area contributed by atoms with Crippen molar-refractivity contribution in [2.75, 3.05) is 19.6 Å². The molecule has 1 aliphatic heterocycles. The Morgan fingerprint density at radius 1 is 1.35 bits per heavy atom. The molecule has 2 rings (SSSR count). The Morgan fingerprint density at radius 2 is 2.09 bits per heavy atom. The molecule has 1 saturated heterocycles. The first-order valence-electron chi connectivity index (χ1n) is 8.63. The van der Waals surface area contributed by atoms with Gasteiger partial charge in [0.05, 0.1) is 18.7 Å². The van der Waals surface area contributed by atoms with Crippen molar-refractivity contribution in [3.63, 3.8) is 0 Å². The van der Waals surface area contributed by atoms with E-state index in [1.165, 1.54) is 11.1 Å². The first-order valence-corrected chi connectivity index (χ1v) is 8.63. The number of hydrogen-bond donors (Lipinski definition) is 2. The van der Waals surface area contributed by atoms with Crippen LogP contribution in [0.1, 0.15) is 49.4 Å². The number of benzene rings is 1. The molecule has 128 valence electrons. The Kier molecular flexibility index (Phi) is 6.19. The Bertz CT molecular complexity index is 542. The Morgan fingerprint density at radius 3 is 2.74 bits per heavy atom. The first-order chi connectivity index (χ1) is 10.9. The van der Waals surface area contributed by atoms with Crippen molar-refractivity contribution in [1.29, 1.82) is 0 Å². The van der Waals surface area contributed by atoms with E-state index >= 15 is 0 Å². The van der Waals surface area contributed by atoms with Crippen LogP contribution in [-0.2, 0) is 4.79 Å². The molecule has 0 aliphatic carbocycles. The van der Waals surface area contributed by atoms with Gasteiger partial charge in [-0.25, -0.2) is 0 Å². The van der Waals surface area contributed by atoms with Gasteiger partial charge in [-0.3, -0.25) is 9.69 Å². The van der Waals surface area contributed by atoms with Crippen molar-refractivity contribution in [3.8, 4) is 0 Å². The van der Waals surface area contributed by atoms with E-state index in [1.54, 1.807) is 0 Å². The molecule has 1 aromatic rings. The number of aryl methyl sites for hydroxylation is 2. The zero-order valence-electron chi connectivity index (χ0n) is 14.8. The van der Waals surface area contributed by atoms with Gasteiger partial charge in [-0.05, 0) is 69.7 Å². The number of likely N-dealkylation sites (tertiary alicyclic amines) is 1. The van der Waals surface area contributed by atoms with E-state index in [0.29, 0.717) is 6.54 Å². The maximum atomic E-state index is 12.3. The lowest BCUT2D eigenvalue weighted by Crippen LogP contribution is -2.45. The minimum Gasteiger partial charge on any atom is -0.393 e. The molecule has 1 fully saturated rings. The zero-order valence-corrected chi connectivity index (χ0v) is 14.8. The fourth-order valence-corrected chi connectivity index (χ4v) is 3.24. The third-order valence-electron chi connectivity index (χ3n) is 5.00. The third-order valence-corrected chi connectivity index (χ3v) is 5.00. The van der Waals surface area contributed by atoms with Gasteiger partial charge >= 0.3 is 0 Å². The number of rotatable bonds is 5. The average molecular weight is 318 g/mol. The summed E-state index contributed by atoms with van der Waals surface area (Å²) in [4.78, 5) is 14.5. The maximum absolute atomic E-state index is 12.3. The predicted octanol–water partition coefficient (Wildman–Crippen LogP) is 2.57. The summed E-state index contributed by atoms with van der Waals surface area (Å²) in [7, 11) is 0. The normalized spacial score (nSPS) is 21.7. The first kappa shape index (κ1) is 18.0. The molecule has 0 spiro atoms. The Balaban J connectivity index is 1.87. The summed E-state index contributed by atoms with van der Waals surface area (Å²) in [6, 6.07) is 6.34. The standard InChI is InChI=1S/C19H30N2O2/c1-13-7-8-17(10-14(13)2)15(3)20-19(23)12-21-9-5-6-18(11-21)16(4)22/h7-8,10,15-16,18,22H,5-6,9,11-12H2,1-4H3,(H,20,23). The summed E-state index contributed by atoms with van der Waals surface area (Å²) >= 11 is 0. The summed E-state index contributed by atoms with van der Waals surface area (Å²) in [6.45, 7) is 10.2. The van der Waals surface area contributed by atoms with E-state index in [1.807, 2.05) is 13.8 Å². The topological polar surface area (TPSA) is 52.6 Å². The van der Waals surface area contributed by atoms with E-state index in [2.05, 4.69) is 42.3 Å². The van der Waals surface area contributed by atoms with E-state index in [-0.39, 0.29) is 24.0 Å². The smallest absolute Gasteiger partial charge is 0.234 e. The summed E-state index contributed by atoms with van der Waals surface area (Å²) < 4.78 is 0. The van der Waals surface area contributed by atoms with Crippen LogP contribution in [0.3, 0.4) is 0 Å². The van der Waals surface area contributed by atoms with Crippen LogP contribution < -0.4 is 5.32 Å². The second kappa shape index (κ2) is 7.93. The SMILES string of the molecule is Cc1ccc(C(C)NC(=O)CN2CCCC(C(C)O)C2)cc1C. The minimum atomic E-state index is -0.296. The lowest BCUT2D eigenvalue weighted by Gasteiger charge is -2.33. The minimum absolute atomic E-state index is 0.0131. The van der Waals surface area contributed by atoms with Gasteiger partial charge in [-0.1, -0.05) is 18.2 Å². The summed E-state index contributed by atoms with van der Waals surface area (Å²) in [5, 5.41) is 12.8. The molecule has 3 atom stereocenters. The summed E-state index contributed by atoms with van der Waals surface area (Å²) in [5.74, 6) is 0.343.